The molecule has 0 radical (unpaired) electrons. The summed E-state index contributed by atoms with van der Waals surface area (Å²) >= 11 is 0. The zero-order valence-corrected chi connectivity index (χ0v) is 29.1. The van der Waals surface area contributed by atoms with Crippen molar-refractivity contribution < 1.29 is 61.6 Å². The molecule has 0 aliphatic heterocycles. The van der Waals surface area contributed by atoms with Crippen molar-refractivity contribution in [2.45, 2.75) is 110 Å². The van der Waals surface area contributed by atoms with E-state index < -0.39 is 12.3 Å². The van der Waals surface area contributed by atoms with Crippen molar-refractivity contribution >= 4 is 6.16 Å². The fourth-order valence-corrected chi connectivity index (χ4v) is 3.16. The average molecular weight is 643 g/mol. The molecule has 0 amide bonds. The highest BCUT2D eigenvalue weighted by molar-refractivity contribution is 5.60. The molecule has 0 spiro atoms. The van der Waals surface area contributed by atoms with Crippen LogP contribution in [0.1, 0.15) is 55.4 Å². The van der Waals surface area contributed by atoms with Gasteiger partial charge in [-0.2, -0.15) is 0 Å². The first kappa shape index (κ1) is 42.9. The Morgan fingerprint density at radius 2 is 0.750 bits per heavy atom. The molecule has 44 heavy (non-hydrogen) atoms. The van der Waals surface area contributed by atoms with Crippen LogP contribution < -0.4 is 0 Å². The maximum Gasteiger partial charge on any atom is 0.508 e. The van der Waals surface area contributed by atoms with Gasteiger partial charge >= 0.3 is 6.16 Å². The number of hydrogen-bond acceptors (Lipinski definition) is 13. The van der Waals surface area contributed by atoms with Gasteiger partial charge in [0.2, 0.25) is 0 Å². The molecule has 0 aromatic carbocycles. The predicted molar refractivity (Wildman–Crippen MR) is 164 cm³/mol. The summed E-state index contributed by atoms with van der Waals surface area (Å²) in [5, 5.41) is 0. The molecule has 13 nitrogen and oxygen atoms in total. The molecule has 0 heterocycles. The Labute approximate surface area is 265 Å². The van der Waals surface area contributed by atoms with Crippen molar-refractivity contribution in [2.75, 3.05) is 87.4 Å². The fourth-order valence-electron chi connectivity index (χ4n) is 3.16. The van der Waals surface area contributed by atoms with Crippen LogP contribution >= 0.6 is 0 Å². The highest BCUT2D eigenvalue weighted by Gasteiger charge is 2.17. The summed E-state index contributed by atoms with van der Waals surface area (Å²) in [7, 11) is 4.86. The van der Waals surface area contributed by atoms with Crippen LogP contribution in [0.2, 0.25) is 0 Å². The van der Waals surface area contributed by atoms with Crippen LogP contribution in [-0.2, 0) is 56.8 Å². The maximum atomic E-state index is 11.7. The number of hydrogen-bond donors (Lipinski definition) is 0. The van der Waals surface area contributed by atoms with Crippen LogP contribution in [0.15, 0.2) is 0 Å². The van der Waals surface area contributed by atoms with Gasteiger partial charge in [0.25, 0.3) is 0 Å². The van der Waals surface area contributed by atoms with E-state index in [4.69, 9.17) is 56.8 Å². The van der Waals surface area contributed by atoms with E-state index in [1.54, 1.807) is 35.2 Å². The molecule has 0 aliphatic carbocycles. The van der Waals surface area contributed by atoms with Crippen molar-refractivity contribution in [3.63, 3.8) is 0 Å². The van der Waals surface area contributed by atoms with E-state index in [0.717, 1.165) is 0 Å². The van der Waals surface area contributed by atoms with Crippen molar-refractivity contribution in [1.82, 2.24) is 0 Å². The van der Waals surface area contributed by atoms with Crippen LogP contribution in [0.4, 0.5) is 4.79 Å². The van der Waals surface area contributed by atoms with E-state index >= 15 is 0 Å². The monoisotopic (exact) mass is 642 g/mol. The van der Waals surface area contributed by atoms with E-state index in [-0.39, 0.29) is 62.0 Å². The molecule has 9 unspecified atom stereocenters. The SMILES string of the molecule is COC(C)COC(=O)OC(C)COC(C)COC(C)COCC(COCC(C)OCC(C)OC)OCC(C)OCC(C)OC. The Morgan fingerprint density at radius 3 is 1.18 bits per heavy atom. The maximum absolute atomic E-state index is 11.7. The number of carbonyl (C=O) groups is 1. The van der Waals surface area contributed by atoms with Crippen LogP contribution in [0.25, 0.3) is 0 Å². The lowest BCUT2D eigenvalue weighted by atomic mass is 10.3. The van der Waals surface area contributed by atoms with Crippen LogP contribution in [0.5, 0.6) is 0 Å². The van der Waals surface area contributed by atoms with Crippen molar-refractivity contribution in [2.24, 2.45) is 0 Å². The third-order valence-electron chi connectivity index (χ3n) is 6.28. The molecular formula is C31H62O13. The Kier molecular flexibility index (Phi) is 26.3. The van der Waals surface area contributed by atoms with Crippen LogP contribution in [0, 0.1) is 0 Å². The van der Waals surface area contributed by atoms with Gasteiger partial charge in [0.05, 0.1) is 102 Å². The zero-order chi connectivity index (χ0) is 33.3. The molecule has 0 aromatic heterocycles. The molecule has 0 N–H and O–H groups in total. The molecule has 0 rings (SSSR count). The number of carbonyl (C=O) groups excluding carboxylic acids is 1. The van der Waals surface area contributed by atoms with Gasteiger partial charge in [-0.05, 0) is 55.4 Å². The molecular weight excluding hydrogens is 580 g/mol. The summed E-state index contributed by atoms with van der Waals surface area (Å²) in [5.74, 6) is 0. The van der Waals surface area contributed by atoms with Gasteiger partial charge in [-0.25, -0.2) is 4.79 Å². The number of ether oxygens (including phenoxy) is 12. The van der Waals surface area contributed by atoms with Crippen LogP contribution in [-0.4, -0.2) is 148 Å². The Bertz CT molecular complexity index is 670. The topological polar surface area (TPSA) is 128 Å². The van der Waals surface area contributed by atoms with Gasteiger partial charge in [-0.15, -0.1) is 0 Å². The van der Waals surface area contributed by atoms with Crippen molar-refractivity contribution in [1.29, 1.82) is 0 Å². The smallest absolute Gasteiger partial charge is 0.432 e. The highest BCUT2D eigenvalue weighted by Crippen LogP contribution is 2.06. The normalized spacial score (nSPS) is 18.1. The largest absolute Gasteiger partial charge is 0.508 e. The van der Waals surface area contributed by atoms with Gasteiger partial charge in [0, 0.05) is 21.3 Å². The fraction of sp³-hybridized carbons (Fsp3) is 0.968. The zero-order valence-electron chi connectivity index (χ0n) is 29.1. The lowest BCUT2D eigenvalue weighted by molar-refractivity contribution is -0.119. The van der Waals surface area contributed by atoms with Gasteiger partial charge in [0.1, 0.15) is 18.8 Å². The van der Waals surface area contributed by atoms with Crippen molar-refractivity contribution in [3.05, 3.63) is 0 Å². The van der Waals surface area contributed by atoms with Crippen molar-refractivity contribution in [3.8, 4) is 0 Å². The lowest BCUT2D eigenvalue weighted by Gasteiger charge is -2.24. The highest BCUT2D eigenvalue weighted by atomic mass is 16.7. The average Bonchev–Trinajstić information content (AvgIpc) is 3.01. The summed E-state index contributed by atoms with van der Waals surface area (Å²) in [6.45, 7) is 18.7. The van der Waals surface area contributed by atoms with Crippen LogP contribution in [0.3, 0.4) is 0 Å². The second kappa shape index (κ2) is 27.0. The van der Waals surface area contributed by atoms with E-state index in [2.05, 4.69) is 0 Å². The third-order valence-corrected chi connectivity index (χ3v) is 6.28. The first-order chi connectivity index (χ1) is 20.9. The van der Waals surface area contributed by atoms with Gasteiger partial charge in [0.15, 0.2) is 0 Å². The molecule has 0 bridgehead atoms. The number of rotatable bonds is 29. The van der Waals surface area contributed by atoms with Gasteiger partial charge < -0.3 is 56.8 Å². The molecule has 0 saturated carbocycles. The Hall–Kier alpha value is -1.13. The molecule has 0 aliphatic rings. The summed E-state index contributed by atoms with van der Waals surface area (Å²) < 4.78 is 66.7. The minimum atomic E-state index is -0.755. The first-order valence-electron chi connectivity index (χ1n) is 15.5. The molecule has 0 aromatic rings. The minimum absolute atomic E-state index is 0.00705. The van der Waals surface area contributed by atoms with Gasteiger partial charge in [-0.1, -0.05) is 0 Å². The number of methoxy groups -OCH3 is 3. The van der Waals surface area contributed by atoms with Gasteiger partial charge in [-0.3, -0.25) is 0 Å². The summed E-state index contributed by atoms with van der Waals surface area (Å²) in [4.78, 5) is 11.7. The molecule has 0 fully saturated rings. The second-order valence-corrected chi connectivity index (χ2v) is 11.2. The molecule has 264 valence electrons. The minimum Gasteiger partial charge on any atom is -0.432 e. The van der Waals surface area contributed by atoms with E-state index in [1.807, 2.05) is 41.5 Å². The second-order valence-electron chi connectivity index (χ2n) is 11.2. The van der Waals surface area contributed by atoms with E-state index in [0.29, 0.717) is 52.9 Å². The summed E-state index contributed by atoms with van der Waals surface area (Å²) in [6.07, 6.45) is -2.29. The third kappa shape index (κ3) is 25.1. The Balaban J connectivity index is 4.46. The summed E-state index contributed by atoms with van der Waals surface area (Å²) in [5.41, 5.74) is 0. The molecule has 0 saturated heterocycles. The van der Waals surface area contributed by atoms with E-state index in [1.165, 1.54) is 0 Å². The predicted octanol–water partition coefficient (Wildman–Crippen LogP) is 3.67. The van der Waals surface area contributed by atoms with E-state index in [9.17, 15) is 4.79 Å². The lowest BCUT2D eigenvalue weighted by Crippen LogP contribution is -2.33. The molecule has 13 heteroatoms. The Morgan fingerprint density at radius 1 is 0.409 bits per heavy atom. The first-order valence-corrected chi connectivity index (χ1v) is 15.5. The standard InChI is InChI=1S/C31H62O13/c1-22(33-9)14-38-25(4)12-36-20-30(42-18-28(7)39-15-23(2)34-10)21-37-13-26(5)40-17-27(6)41-19-29(8)44-31(32)43-16-24(3)35-11/h22-30H,12-21H2,1-11H3. The summed E-state index contributed by atoms with van der Waals surface area (Å²) in [6, 6.07) is 0. The quantitative estimate of drug-likeness (QED) is 0.110. The molecule has 9 atom stereocenters.